The highest BCUT2D eigenvalue weighted by molar-refractivity contribution is 7.76. The number of carbonyl (C=O) groups excluding carboxylic acids is 1. The number of esters is 1. The maximum Gasteiger partial charge on any atom is 0.330 e. The highest BCUT2D eigenvalue weighted by Crippen LogP contribution is 2.45. The second kappa shape index (κ2) is 6.26. The van der Waals surface area contributed by atoms with E-state index in [9.17, 15) is 4.79 Å². The van der Waals surface area contributed by atoms with Crippen molar-refractivity contribution in [2.24, 2.45) is 0 Å². The zero-order valence-corrected chi connectivity index (χ0v) is 10.1. The molecule has 0 bridgehead atoms. The van der Waals surface area contributed by atoms with Gasteiger partial charge in [-0.2, -0.15) is 0 Å². The van der Waals surface area contributed by atoms with Crippen LogP contribution < -0.4 is 0 Å². The van der Waals surface area contributed by atoms with E-state index in [4.69, 9.17) is 4.74 Å². The Morgan fingerprint density at radius 3 is 1.92 bits per heavy atom. The van der Waals surface area contributed by atoms with Crippen molar-refractivity contribution in [2.45, 2.75) is 27.7 Å². The Morgan fingerprint density at radius 2 is 1.62 bits per heavy atom. The average Bonchev–Trinajstić information content (AvgIpc) is 2.15. The molecule has 0 heterocycles. The van der Waals surface area contributed by atoms with Crippen LogP contribution in [0.1, 0.15) is 27.7 Å². The highest BCUT2D eigenvalue weighted by atomic mass is 31.2. The van der Waals surface area contributed by atoms with E-state index in [1.807, 2.05) is 12.7 Å². The molecule has 0 aromatic heterocycles. The molecule has 0 radical (unpaired) electrons. The smallest absolute Gasteiger partial charge is 0.330 e. The minimum absolute atomic E-state index is 0.124. The van der Waals surface area contributed by atoms with E-state index in [0.29, 0.717) is 6.61 Å². The molecule has 3 heteroatoms. The van der Waals surface area contributed by atoms with Crippen LogP contribution in [0.2, 0.25) is 0 Å². The zero-order valence-electron chi connectivity index (χ0n) is 9.17. The number of hydrogen-bond acceptors (Lipinski definition) is 2. The first-order chi connectivity index (χ1) is 6.14. The van der Waals surface area contributed by atoms with Crippen molar-refractivity contribution < 1.29 is 9.53 Å². The minimum Gasteiger partial charge on any atom is -0.463 e. The summed E-state index contributed by atoms with van der Waals surface area (Å²) in [5.41, 5.74) is 0. The lowest BCUT2D eigenvalue weighted by Gasteiger charge is -2.20. The van der Waals surface area contributed by atoms with Gasteiger partial charge in [-0.25, -0.2) is 4.79 Å². The number of rotatable bonds is 5. The van der Waals surface area contributed by atoms with Gasteiger partial charge in [0.2, 0.25) is 0 Å². The van der Waals surface area contributed by atoms with Gasteiger partial charge >= 0.3 is 5.97 Å². The fraction of sp³-hybridized carbons (Fsp3) is 0.800. The fourth-order valence-electron chi connectivity index (χ4n) is 1.35. The summed E-state index contributed by atoms with van der Waals surface area (Å²) in [7, 11) is 0. The molecule has 0 N–H and O–H groups in total. The second-order valence-corrected chi connectivity index (χ2v) is 7.64. The molecule has 0 saturated carbocycles. The van der Waals surface area contributed by atoms with E-state index in [-0.39, 0.29) is 5.97 Å². The van der Waals surface area contributed by atoms with Crippen molar-refractivity contribution in [3.05, 3.63) is 0 Å². The Morgan fingerprint density at radius 1 is 1.15 bits per heavy atom. The van der Waals surface area contributed by atoms with Crippen LogP contribution in [0.15, 0.2) is 0 Å². The minimum atomic E-state index is -1.12. The first kappa shape index (κ1) is 12.8. The number of ether oxygens (including phenoxy) is 1. The summed E-state index contributed by atoms with van der Waals surface area (Å²) in [6.45, 7) is 7.69. The molecule has 0 atom stereocenters. The van der Waals surface area contributed by atoms with Crippen LogP contribution in [0.3, 0.4) is 0 Å². The average molecular weight is 204 g/mol. The quantitative estimate of drug-likeness (QED) is 0.508. The SMILES string of the molecule is CCOC(=O)C=P(CC)(CC)CC. The van der Waals surface area contributed by atoms with Gasteiger partial charge in [0.25, 0.3) is 0 Å². The number of carbonyl (C=O) groups is 1. The Hall–Kier alpha value is -0.230. The topological polar surface area (TPSA) is 26.3 Å². The van der Waals surface area contributed by atoms with Crippen LogP contribution in [0, 0.1) is 0 Å². The largest absolute Gasteiger partial charge is 0.463 e. The third-order valence-electron chi connectivity index (χ3n) is 2.56. The molecule has 0 aliphatic heterocycles. The van der Waals surface area contributed by atoms with Crippen molar-refractivity contribution >= 4 is 18.7 Å². The van der Waals surface area contributed by atoms with Crippen molar-refractivity contribution in [1.82, 2.24) is 0 Å². The second-order valence-electron chi connectivity index (χ2n) is 3.05. The summed E-state index contributed by atoms with van der Waals surface area (Å²) in [5, 5.41) is 0. The van der Waals surface area contributed by atoms with Gasteiger partial charge in [0.05, 0.1) is 6.61 Å². The predicted octanol–water partition coefficient (Wildman–Crippen LogP) is 2.43. The summed E-state index contributed by atoms with van der Waals surface area (Å²) in [6, 6.07) is 0. The van der Waals surface area contributed by atoms with Crippen LogP contribution in [0.25, 0.3) is 0 Å². The fourth-order valence-corrected chi connectivity index (χ4v) is 3.76. The monoisotopic (exact) mass is 204 g/mol. The van der Waals surface area contributed by atoms with Gasteiger partial charge < -0.3 is 4.74 Å². The van der Waals surface area contributed by atoms with E-state index in [2.05, 4.69) is 20.8 Å². The van der Waals surface area contributed by atoms with Gasteiger partial charge in [-0.3, -0.25) is 0 Å². The molecule has 0 rings (SSSR count). The van der Waals surface area contributed by atoms with Crippen molar-refractivity contribution in [3.63, 3.8) is 0 Å². The van der Waals surface area contributed by atoms with E-state index in [1.54, 1.807) is 0 Å². The van der Waals surface area contributed by atoms with E-state index < -0.39 is 6.89 Å². The van der Waals surface area contributed by atoms with Gasteiger partial charge in [-0.15, -0.1) is 0 Å². The van der Waals surface area contributed by atoms with Crippen LogP contribution in [0.4, 0.5) is 0 Å². The highest BCUT2D eigenvalue weighted by Gasteiger charge is 2.12. The Kier molecular flexibility index (Phi) is 6.15. The van der Waals surface area contributed by atoms with Gasteiger partial charge in [-0.05, 0) is 25.4 Å². The van der Waals surface area contributed by atoms with Crippen molar-refractivity contribution in [3.8, 4) is 0 Å². The molecule has 0 saturated heterocycles. The summed E-state index contributed by atoms with van der Waals surface area (Å²) >= 11 is 0. The summed E-state index contributed by atoms with van der Waals surface area (Å²) in [6.07, 6.45) is 3.33. The Balaban J connectivity index is 4.60. The maximum atomic E-state index is 11.3. The molecule has 13 heavy (non-hydrogen) atoms. The molecule has 0 unspecified atom stereocenters. The lowest BCUT2D eigenvalue weighted by molar-refractivity contribution is -0.134. The molecule has 0 aromatic rings. The first-order valence-electron chi connectivity index (χ1n) is 5.02. The molecule has 0 aliphatic carbocycles. The molecular weight excluding hydrogens is 183 g/mol. The molecule has 78 valence electrons. The third-order valence-corrected chi connectivity index (χ3v) is 7.09. The molecule has 0 aromatic carbocycles. The van der Waals surface area contributed by atoms with Crippen LogP contribution in [-0.2, 0) is 9.53 Å². The lowest BCUT2D eigenvalue weighted by Crippen LogP contribution is -2.09. The maximum absolute atomic E-state index is 11.3. The van der Waals surface area contributed by atoms with Gasteiger partial charge in [-0.1, -0.05) is 27.7 Å². The zero-order chi connectivity index (χ0) is 10.3. The van der Waals surface area contributed by atoms with Crippen LogP contribution in [0.5, 0.6) is 0 Å². The molecule has 0 fully saturated rings. The van der Waals surface area contributed by atoms with Crippen LogP contribution in [-0.4, -0.2) is 36.9 Å². The van der Waals surface area contributed by atoms with E-state index >= 15 is 0 Å². The molecule has 0 aliphatic rings. The van der Waals surface area contributed by atoms with Crippen LogP contribution >= 0.6 is 6.89 Å². The van der Waals surface area contributed by atoms with Gasteiger partial charge in [0.1, 0.15) is 0 Å². The van der Waals surface area contributed by atoms with E-state index in [0.717, 1.165) is 18.5 Å². The van der Waals surface area contributed by atoms with Gasteiger partial charge in [0, 0.05) is 5.80 Å². The predicted molar refractivity (Wildman–Crippen MR) is 61.2 cm³/mol. The summed E-state index contributed by atoms with van der Waals surface area (Å²) < 4.78 is 4.94. The van der Waals surface area contributed by atoms with Crippen molar-refractivity contribution in [2.75, 3.05) is 25.1 Å². The standard InChI is InChI=1S/C10H21O2P/c1-5-12-10(11)9-13(6-2,7-3)8-4/h9H,5-8H2,1-4H3. The van der Waals surface area contributed by atoms with Gasteiger partial charge in [0.15, 0.2) is 0 Å². The normalized spacial score (nSPS) is 11.1. The third kappa shape index (κ3) is 3.99. The lowest BCUT2D eigenvalue weighted by atomic mass is 10.8. The molecule has 0 spiro atoms. The van der Waals surface area contributed by atoms with E-state index in [1.165, 1.54) is 0 Å². The molecular formula is C10H21O2P. The Labute approximate surface area is 81.6 Å². The molecule has 0 amide bonds. The van der Waals surface area contributed by atoms with Crippen molar-refractivity contribution in [1.29, 1.82) is 0 Å². The Bertz CT molecular complexity index is 190. The number of hydrogen-bond donors (Lipinski definition) is 0. The summed E-state index contributed by atoms with van der Waals surface area (Å²) in [4.78, 5) is 11.3. The summed E-state index contributed by atoms with van der Waals surface area (Å²) in [5.74, 6) is 1.73. The first-order valence-corrected chi connectivity index (χ1v) is 7.43. The molecule has 2 nitrogen and oxygen atoms in total.